The van der Waals surface area contributed by atoms with E-state index in [1.165, 1.54) is 0 Å². The standard InChI is InChI=1S/C18H30N4O/c1-17(2,3)13-11-14(21-16(20-13)18(4,5)6)19-12-8-9-22(7)15(23)10-12/h11-12H,8-10H2,1-7H3,(H,19,20,21). The number of likely N-dealkylation sites (tertiary alicyclic amines) is 1. The first-order valence-electron chi connectivity index (χ1n) is 8.37. The van der Waals surface area contributed by atoms with Gasteiger partial charge >= 0.3 is 0 Å². The maximum Gasteiger partial charge on any atom is 0.224 e. The van der Waals surface area contributed by atoms with Crippen LogP contribution in [0.4, 0.5) is 5.82 Å². The van der Waals surface area contributed by atoms with Crippen molar-refractivity contribution in [2.45, 2.75) is 71.3 Å². The number of piperidine rings is 1. The first-order valence-corrected chi connectivity index (χ1v) is 8.37. The van der Waals surface area contributed by atoms with Gasteiger partial charge in [0.05, 0.1) is 5.69 Å². The van der Waals surface area contributed by atoms with E-state index in [1.807, 2.05) is 13.1 Å². The van der Waals surface area contributed by atoms with Crippen molar-refractivity contribution in [2.75, 3.05) is 18.9 Å². The number of carbonyl (C=O) groups excluding carboxylic acids is 1. The Hall–Kier alpha value is -1.65. The maximum atomic E-state index is 11.9. The molecule has 2 rings (SSSR count). The van der Waals surface area contributed by atoms with Crippen LogP contribution in [0.15, 0.2) is 6.07 Å². The summed E-state index contributed by atoms with van der Waals surface area (Å²) < 4.78 is 0. The molecule has 1 atom stereocenters. The van der Waals surface area contributed by atoms with Crippen molar-refractivity contribution in [3.05, 3.63) is 17.6 Å². The van der Waals surface area contributed by atoms with E-state index in [9.17, 15) is 4.79 Å². The van der Waals surface area contributed by atoms with Crippen LogP contribution >= 0.6 is 0 Å². The second kappa shape index (κ2) is 6.10. The highest BCUT2D eigenvalue weighted by Crippen LogP contribution is 2.27. The molecule has 2 heterocycles. The van der Waals surface area contributed by atoms with Crippen molar-refractivity contribution in [3.63, 3.8) is 0 Å². The van der Waals surface area contributed by atoms with Gasteiger partial charge in [-0.2, -0.15) is 0 Å². The van der Waals surface area contributed by atoms with Gasteiger partial charge in [0.2, 0.25) is 5.91 Å². The van der Waals surface area contributed by atoms with Crippen molar-refractivity contribution >= 4 is 11.7 Å². The van der Waals surface area contributed by atoms with Crippen LogP contribution in [0.1, 0.15) is 65.9 Å². The van der Waals surface area contributed by atoms with Gasteiger partial charge < -0.3 is 10.2 Å². The maximum absolute atomic E-state index is 11.9. The zero-order chi connectivity index (χ0) is 17.4. The fourth-order valence-electron chi connectivity index (χ4n) is 2.52. The molecule has 0 aliphatic carbocycles. The zero-order valence-corrected chi connectivity index (χ0v) is 15.5. The van der Waals surface area contributed by atoms with Crippen molar-refractivity contribution < 1.29 is 4.79 Å². The molecule has 1 amide bonds. The third kappa shape index (κ3) is 4.43. The molecule has 1 aliphatic rings. The Morgan fingerprint density at radius 1 is 1.13 bits per heavy atom. The normalized spacial score (nSPS) is 19.9. The van der Waals surface area contributed by atoms with E-state index >= 15 is 0 Å². The number of hydrogen-bond acceptors (Lipinski definition) is 4. The minimum absolute atomic E-state index is 0.0397. The lowest BCUT2D eigenvalue weighted by Crippen LogP contribution is -2.41. The van der Waals surface area contributed by atoms with Crippen LogP contribution in [0.25, 0.3) is 0 Å². The summed E-state index contributed by atoms with van der Waals surface area (Å²) in [4.78, 5) is 23.2. The van der Waals surface area contributed by atoms with E-state index in [4.69, 9.17) is 9.97 Å². The van der Waals surface area contributed by atoms with Gasteiger partial charge in [0.25, 0.3) is 0 Å². The van der Waals surface area contributed by atoms with E-state index in [-0.39, 0.29) is 22.8 Å². The lowest BCUT2D eigenvalue weighted by atomic mass is 9.90. The quantitative estimate of drug-likeness (QED) is 0.910. The number of anilines is 1. The highest BCUT2D eigenvalue weighted by molar-refractivity contribution is 5.77. The van der Waals surface area contributed by atoms with E-state index in [1.54, 1.807) is 4.90 Å². The van der Waals surface area contributed by atoms with Crippen LogP contribution in [0.2, 0.25) is 0 Å². The lowest BCUT2D eigenvalue weighted by Gasteiger charge is -2.30. The van der Waals surface area contributed by atoms with Gasteiger partial charge in [-0.05, 0) is 6.42 Å². The summed E-state index contributed by atoms with van der Waals surface area (Å²) in [6.45, 7) is 13.6. The molecular weight excluding hydrogens is 288 g/mol. The number of carbonyl (C=O) groups is 1. The van der Waals surface area contributed by atoms with Crippen molar-refractivity contribution in [3.8, 4) is 0 Å². The van der Waals surface area contributed by atoms with Gasteiger partial charge in [-0.15, -0.1) is 0 Å². The predicted molar refractivity (Wildman–Crippen MR) is 93.7 cm³/mol. The highest BCUT2D eigenvalue weighted by Gasteiger charge is 2.26. The fraction of sp³-hybridized carbons (Fsp3) is 0.722. The van der Waals surface area contributed by atoms with Gasteiger partial charge in [-0.1, -0.05) is 41.5 Å². The Kier molecular flexibility index (Phi) is 4.69. The number of rotatable bonds is 2. The SMILES string of the molecule is CN1CCC(Nc2cc(C(C)(C)C)nc(C(C)(C)C)n2)CC1=O. The second-order valence-electron chi connectivity index (χ2n) is 8.61. The van der Waals surface area contributed by atoms with E-state index in [0.717, 1.165) is 30.3 Å². The van der Waals surface area contributed by atoms with Gasteiger partial charge in [-0.25, -0.2) is 9.97 Å². The summed E-state index contributed by atoms with van der Waals surface area (Å²) in [5.41, 5.74) is 0.876. The predicted octanol–water partition coefficient (Wildman–Crippen LogP) is 3.10. The Morgan fingerprint density at radius 2 is 1.78 bits per heavy atom. The third-order valence-electron chi connectivity index (χ3n) is 4.18. The zero-order valence-electron chi connectivity index (χ0n) is 15.5. The molecule has 0 radical (unpaired) electrons. The molecule has 1 aromatic heterocycles. The van der Waals surface area contributed by atoms with Gasteiger partial charge in [-0.3, -0.25) is 4.79 Å². The minimum atomic E-state index is -0.111. The van der Waals surface area contributed by atoms with E-state index in [2.05, 4.69) is 46.9 Å². The summed E-state index contributed by atoms with van der Waals surface area (Å²) in [6, 6.07) is 2.17. The molecule has 1 aliphatic heterocycles. The first kappa shape index (κ1) is 17.7. The monoisotopic (exact) mass is 318 g/mol. The average Bonchev–Trinajstić information content (AvgIpc) is 2.41. The number of nitrogens with zero attached hydrogens (tertiary/aromatic N) is 3. The largest absolute Gasteiger partial charge is 0.367 e. The summed E-state index contributed by atoms with van der Waals surface area (Å²) >= 11 is 0. The van der Waals surface area contributed by atoms with Crippen LogP contribution in [-0.4, -0.2) is 40.4 Å². The second-order valence-corrected chi connectivity index (χ2v) is 8.61. The fourth-order valence-corrected chi connectivity index (χ4v) is 2.52. The topological polar surface area (TPSA) is 58.1 Å². The number of hydrogen-bond donors (Lipinski definition) is 1. The smallest absolute Gasteiger partial charge is 0.224 e. The molecule has 0 spiro atoms. The van der Waals surface area contributed by atoms with Crippen LogP contribution in [0.5, 0.6) is 0 Å². The number of amides is 1. The summed E-state index contributed by atoms with van der Waals surface area (Å²) in [6.07, 6.45) is 1.47. The summed E-state index contributed by atoms with van der Waals surface area (Å²) in [7, 11) is 1.86. The first-order chi connectivity index (χ1) is 10.5. The number of aromatic nitrogens is 2. The van der Waals surface area contributed by atoms with E-state index < -0.39 is 0 Å². The summed E-state index contributed by atoms with van der Waals surface area (Å²) in [5.74, 6) is 1.86. The van der Waals surface area contributed by atoms with Crippen LogP contribution in [-0.2, 0) is 15.6 Å². The Bertz CT molecular complexity index is 551. The molecule has 0 saturated carbocycles. The minimum Gasteiger partial charge on any atom is -0.367 e. The molecule has 5 heteroatoms. The van der Waals surface area contributed by atoms with E-state index in [0.29, 0.717) is 6.42 Å². The highest BCUT2D eigenvalue weighted by atomic mass is 16.2. The van der Waals surface area contributed by atoms with Crippen LogP contribution < -0.4 is 5.32 Å². The lowest BCUT2D eigenvalue weighted by molar-refractivity contribution is -0.132. The molecule has 1 fully saturated rings. The molecule has 0 aromatic carbocycles. The van der Waals surface area contributed by atoms with Gasteiger partial charge in [0.1, 0.15) is 11.6 Å². The Morgan fingerprint density at radius 3 is 2.30 bits per heavy atom. The van der Waals surface area contributed by atoms with Crippen molar-refractivity contribution in [1.29, 1.82) is 0 Å². The number of nitrogens with one attached hydrogen (secondary N) is 1. The molecule has 1 unspecified atom stereocenters. The molecular formula is C18H30N4O. The average molecular weight is 318 g/mol. The molecule has 1 N–H and O–H groups in total. The third-order valence-corrected chi connectivity index (χ3v) is 4.18. The van der Waals surface area contributed by atoms with Crippen LogP contribution in [0, 0.1) is 0 Å². The van der Waals surface area contributed by atoms with Gasteiger partial charge in [0, 0.05) is 43.0 Å². The molecule has 5 nitrogen and oxygen atoms in total. The van der Waals surface area contributed by atoms with Crippen LogP contribution in [0.3, 0.4) is 0 Å². The molecule has 1 aromatic rings. The molecule has 23 heavy (non-hydrogen) atoms. The Balaban J connectivity index is 2.29. The molecule has 1 saturated heterocycles. The van der Waals surface area contributed by atoms with Crippen molar-refractivity contribution in [2.24, 2.45) is 0 Å². The summed E-state index contributed by atoms with van der Waals surface area (Å²) in [5, 5.41) is 3.46. The van der Waals surface area contributed by atoms with Crippen molar-refractivity contribution in [1.82, 2.24) is 14.9 Å². The molecule has 128 valence electrons. The van der Waals surface area contributed by atoms with Gasteiger partial charge in [0.15, 0.2) is 0 Å². The Labute approximate surface area is 139 Å². The molecule has 0 bridgehead atoms.